The molecule has 0 aliphatic heterocycles. The lowest BCUT2D eigenvalue weighted by Crippen LogP contribution is -2.54. The minimum Gasteiger partial charge on any atom is -0.444 e. The summed E-state index contributed by atoms with van der Waals surface area (Å²) in [6.45, 7) is 13.2. The summed E-state index contributed by atoms with van der Waals surface area (Å²) in [4.78, 5) is 41.8. The summed E-state index contributed by atoms with van der Waals surface area (Å²) < 4.78 is 5.43. The molecule has 0 bridgehead atoms. The normalized spacial score (nSPS) is 19.2. The number of nitrogens with zero attached hydrogens (tertiary/aromatic N) is 1. The molecule has 4 atom stereocenters. The number of benzene rings is 1. The van der Waals surface area contributed by atoms with Crippen LogP contribution in [0.4, 0.5) is 4.79 Å². The molecule has 0 radical (unpaired) electrons. The first-order valence-electron chi connectivity index (χ1n) is 12.0. The van der Waals surface area contributed by atoms with E-state index < -0.39 is 23.8 Å². The van der Waals surface area contributed by atoms with Gasteiger partial charge in [0.15, 0.2) is 0 Å². The van der Waals surface area contributed by atoms with Gasteiger partial charge in [-0.1, -0.05) is 36.8 Å². The van der Waals surface area contributed by atoms with E-state index in [2.05, 4.69) is 17.6 Å². The smallest absolute Gasteiger partial charge is 0.408 e. The lowest BCUT2D eigenvalue weighted by molar-refractivity contribution is -0.143. The molecule has 1 aromatic rings. The molecule has 0 saturated heterocycles. The van der Waals surface area contributed by atoms with Gasteiger partial charge in [0.1, 0.15) is 17.7 Å². The minimum absolute atomic E-state index is 0.0619. The third kappa shape index (κ3) is 8.22. The van der Waals surface area contributed by atoms with Crippen molar-refractivity contribution in [3.8, 4) is 0 Å². The van der Waals surface area contributed by atoms with Gasteiger partial charge < -0.3 is 20.3 Å². The molecule has 7 nitrogen and oxygen atoms in total. The van der Waals surface area contributed by atoms with Crippen molar-refractivity contribution in [1.29, 1.82) is 0 Å². The highest BCUT2D eigenvalue weighted by Gasteiger charge is 2.48. The van der Waals surface area contributed by atoms with Crippen molar-refractivity contribution in [2.75, 3.05) is 12.0 Å². The molecule has 1 aromatic carbocycles. The molecule has 4 unspecified atom stereocenters. The molecule has 34 heavy (non-hydrogen) atoms. The number of aryl methyl sites for hydroxylation is 1. The predicted molar refractivity (Wildman–Crippen MR) is 138 cm³/mol. The first-order chi connectivity index (χ1) is 15.8. The summed E-state index contributed by atoms with van der Waals surface area (Å²) >= 11 is 1.60. The van der Waals surface area contributed by atoms with Crippen molar-refractivity contribution in [3.63, 3.8) is 0 Å². The molecule has 2 N–H and O–H groups in total. The molecule has 1 aliphatic carbocycles. The van der Waals surface area contributed by atoms with Crippen molar-refractivity contribution in [3.05, 3.63) is 35.4 Å². The molecular formula is C26H41N3O4S. The lowest BCUT2D eigenvalue weighted by Gasteiger charge is -2.35. The second-order valence-electron chi connectivity index (χ2n) is 10.5. The van der Waals surface area contributed by atoms with Crippen LogP contribution in [-0.2, 0) is 14.3 Å². The number of rotatable bonds is 10. The number of amides is 3. The maximum atomic E-state index is 14.0. The summed E-state index contributed by atoms with van der Waals surface area (Å²) in [5.74, 6) is 0.507. The minimum atomic E-state index is -0.783. The van der Waals surface area contributed by atoms with Gasteiger partial charge in [-0.2, -0.15) is 11.8 Å². The third-order valence-corrected chi connectivity index (χ3v) is 6.24. The number of hydrogen-bond donors (Lipinski definition) is 2. The van der Waals surface area contributed by atoms with Gasteiger partial charge in [-0.05, 0) is 77.9 Å². The Labute approximate surface area is 208 Å². The number of carbonyl (C=O) groups is 3. The van der Waals surface area contributed by atoms with Gasteiger partial charge in [0, 0.05) is 12.1 Å². The van der Waals surface area contributed by atoms with Gasteiger partial charge >= 0.3 is 6.09 Å². The number of thioether (sulfide) groups is 1. The molecule has 1 aliphatic rings. The Morgan fingerprint density at radius 2 is 1.85 bits per heavy atom. The zero-order valence-corrected chi connectivity index (χ0v) is 22.6. The van der Waals surface area contributed by atoms with E-state index >= 15 is 0 Å². The second kappa shape index (κ2) is 12.0. The van der Waals surface area contributed by atoms with E-state index in [1.54, 1.807) is 37.4 Å². The van der Waals surface area contributed by atoms with Crippen LogP contribution in [0.15, 0.2) is 24.3 Å². The van der Waals surface area contributed by atoms with Crippen LogP contribution in [0.25, 0.3) is 0 Å². The average Bonchev–Trinajstić information content (AvgIpc) is 3.42. The molecule has 1 fully saturated rings. The Kier molecular flexibility index (Phi) is 9.85. The molecule has 1 saturated carbocycles. The standard InChI is InChI=1S/C26H41N3O4S/c1-16(2)27-23(30)22(19-11-9-10-17(3)14-19)29(21-15-18(21)4)24(31)20(12-13-34-8)28-25(32)33-26(5,6)7/h9-11,14,16,18,20-22H,12-13,15H2,1-8H3,(H,27,30)(H,28,32). The number of carbonyl (C=O) groups excluding carboxylic acids is 3. The summed E-state index contributed by atoms with van der Waals surface area (Å²) in [7, 11) is 0. The maximum absolute atomic E-state index is 14.0. The van der Waals surface area contributed by atoms with E-state index in [1.807, 2.05) is 51.3 Å². The molecule has 0 aromatic heterocycles. The van der Waals surface area contributed by atoms with E-state index in [-0.39, 0.29) is 29.8 Å². The number of nitrogens with one attached hydrogen (secondary N) is 2. The first-order valence-corrected chi connectivity index (χ1v) is 13.4. The molecule has 3 amide bonds. The Bertz CT molecular complexity index is 868. The van der Waals surface area contributed by atoms with Crippen LogP contribution in [0.1, 0.15) is 71.6 Å². The quantitative estimate of drug-likeness (QED) is 0.505. The first kappa shape index (κ1) is 28.0. The van der Waals surface area contributed by atoms with Crippen LogP contribution in [0.3, 0.4) is 0 Å². The fourth-order valence-corrected chi connectivity index (χ4v) is 4.41. The molecule has 2 rings (SSSR count). The van der Waals surface area contributed by atoms with Gasteiger partial charge in [-0.3, -0.25) is 9.59 Å². The second-order valence-corrected chi connectivity index (χ2v) is 11.5. The highest BCUT2D eigenvalue weighted by Crippen LogP contribution is 2.41. The van der Waals surface area contributed by atoms with Gasteiger partial charge in [-0.15, -0.1) is 0 Å². The van der Waals surface area contributed by atoms with Crippen molar-refractivity contribution in [2.45, 2.75) is 91.1 Å². The lowest BCUT2D eigenvalue weighted by atomic mass is 10.00. The number of alkyl carbamates (subject to hydrolysis) is 1. The van der Waals surface area contributed by atoms with Crippen LogP contribution < -0.4 is 10.6 Å². The molecule has 0 spiro atoms. The van der Waals surface area contributed by atoms with E-state index in [4.69, 9.17) is 4.74 Å². The van der Waals surface area contributed by atoms with Crippen LogP contribution in [-0.4, -0.2) is 58.5 Å². The van der Waals surface area contributed by atoms with E-state index in [1.165, 1.54) is 0 Å². The fourth-order valence-electron chi connectivity index (χ4n) is 3.94. The van der Waals surface area contributed by atoms with E-state index in [9.17, 15) is 14.4 Å². The highest BCUT2D eigenvalue weighted by atomic mass is 32.2. The van der Waals surface area contributed by atoms with Crippen molar-refractivity contribution in [1.82, 2.24) is 15.5 Å². The number of ether oxygens (including phenoxy) is 1. The molecule has 0 heterocycles. The van der Waals surface area contributed by atoms with Gasteiger partial charge in [0.05, 0.1) is 0 Å². The third-order valence-electron chi connectivity index (χ3n) is 5.59. The van der Waals surface area contributed by atoms with Crippen LogP contribution >= 0.6 is 11.8 Å². The van der Waals surface area contributed by atoms with Gasteiger partial charge in [0.2, 0.25) is 11.8 Å². The maximum Gasteiger partial charge on any atom is 0.408 e. The monoisotopic (exact) mass is 491 g/mol. The highest BCUT2D eigenvalue weighted by molar-refractivity contribution is 7.98. The molecule has 8 heteroatoms. The molecule has 190 valence electrons. The topological polar surface area (TPSA) is 87.7 Å². The Hall–Kier alpha value is -2.22. The largest absolute Gasteiger partial charge is 0.444 e. The molecular weight excluding hydrogens is 450 g/mol. The summed E-state index contributed by atoms with van der Waals surface area (Å²) in [6.07, 6.45) is 2.60. The summed E-state index contributed by atoms with van der Waals surface area (Å²) in [5.41, 5.74) is 1.11. The van der Waals surface area contributed by atoms with Crippen molar-refractivity contribution < 1.29 is 19.1 Å². The zero-order valence-electron chi connectivity index (χ0n) is 21.8. The average molecular weight is 492 g/mol. The Morgan fingerprint density at radius 1 is 1.21 bits per heavy atom. The van der Waals surface area contributed by atoms with E-state index in [0.29, 0.717) is 12.2 Å². The van der Waals surface area contributed by atoms with Crippen LogP contribution in [0.2, 0.25) is 0 Å². The Morgan fingerprint density at radius 3 is 2.35 bits per heavy atom. The van der Waals surface area contributed by atoms with Gasteiger partial charge in [-0.25, -0.2) is 4.79 Å². The van der Waals surface area contributed by atoms with Crippen LogP contribution in [0.5, 0.6) is 0 Å². The van der Waals surface area contributed by atoms with E-state index in [0.717, 1.165) is 17.5 Å². The predicted octanol–water partition coefficient (Wildman–Crippen LogP) is 4.44. The van der Waals surface area contributed by atoms with Crippen molar-refractivity contribution >= 4 is 29.7 Å². The Balaban J connectivity index is 2.46. The van der Waals surface area contributed by atoms with Crippen molar-refractivity contribution in [2.24, 2.45) is 5.92 Å². The van der Waals surface area contributed by atoms with Gasteiger partial charge in [0.25, 0.3) is 0 Å². The number of hydrogen-bond acceptors (Lipinski definition) is 5. The fraction of sp³-hybridized carbons (Fsp3) is 0.654. The zero-order chi connectivity index (χ0) is 25.6. The van der Waals surface area contributed by atoms with Crippen LogP contribution in [0, 0.1) is 12.8 Å². The summed E-state index contributed by atoms with van der Waals surface area (Å²) in [5, 5.41) is 5.78. The SMILES string of the molecule is CSCCC(NC(=O)OC(C)(C)C)C(=O)N(C(C(=O)NC(C)C)c1cccc(C)c1)C1CC1C. The summed E-state index contributed by atoms with van der Waals surface area (Å²) in [6, 6.07) is 6.03.